The molecule has 110 valence electrons. The van der Waals surface area contributed by atoms with E-state index in [4.69, 9.17) is 11.6 Å². The molecule has 0 amide bonds. The van der Waals surface area contributed by atoms with E-state index in [9.17, 15) is 5.11 Å². The van der Waals surface area contributed by atoms with Gasteiger partial charge in [0.25, 0.3) is 0 Å². The minimum Gasteiger partial charge on any atom is -0.392 e. The molecule has 0 radical (unpaired) electrons. The SMILES string of the molecule is CN1CCCC2CN(c3ccc(Cl)cc3CO)CCC21. The van der Waals surface area contributed by atoms with Crippen LogP contribution in [-0.4, -0.2) is 42.7 Å². The lowest BCUT2D eigenvalue weighted by Gasteiger charge is -2.47. The largest absolute Gasteiger partial charge is 0.392 e. The van der Waals surface area contributed by atoms with Gasteiger partial charge in [-0.1, -0.05) is 11.6 Å². The van der Waals surface area contributed by atoms with Crippen LogP contribution >= 0.6 is 11.6 Å². The van der Waals surface area contributed by atoms with Gasteiger partial charge in [-0.15, -0.1) is 0 Å². The van der Waals surface area contributed by atoms with Crippen molar-refractivity contribution in [3.05, 3.63) is 28.8 Å². The number of aliphatic hydroxyl groups excluding tert-OH is 1. The average molecular weight is 295 g/mol. The summed E-state index contributed by atoms with van der Waals surface area (Å²) in [6.45, 7) is 3.47. The number of fused-ring (bicyclic) bond motifs is 1. The third-order valence-corrected chi connectivity index (χ3v) is 5.13. The highest BCUT2D eigenvalue weighted by atomic mass is 35.5. The van der Waals surface area contributed by atoms with E-state index in [-0.39, 0.29) is 6.61 Å². The van der Waals surface area contributed by atoms with Crippen LogP contribution in [-0.2, 0) is 6.61 Å². The van der Waals surface area contributed by atoms with Crippen molar-refractivity contribution in [2.75, 3.05) is 31.6 Å². The number of piperidine rings is 2. The molecule has 1 aromatic rings. The number of rotatable bonds is 2. The van der Waals surface area contributed by atoms with Crippen LogP contribution in [0.2, 0.25) is 5.02 Å². The first-order valence-electron chi connectivity index (χ1n) is 7.53. The third kappa shape index (κ3) is 2.67. The normalized spacial score (nSPS) is 27.4. The number of hydrogen-bond acceptors (Lipinski definition) is 3. The topological polar surface area (TPSA) is 26.7 Å². The van der Waals surface area contributed by atoms with E-state index < -0.39 is 0 Å². The molecule has 0 aliphatic carbocycles. The van der Waals surface area contributed by atoms with Gasteiger partial charge in [-0.3, -0.25) is 0 Å². The summed E-state index contributed by atoms with van der Waals surface area (Å²) < 4.78 is 0. The smallest absolute Gasteiger partial charge is 0.0702 e. The maximum atomic E-state index is 9.55. The lowest BCUT2D eigenvalue weighted by molar-refractivity contribution is 0.102. The van der Waals surface area contributed by atoms with Crippen molar-refractivity contribution in [1.29, 1.82) is 0 Å². The zero-order valence-corrected chi connectivity index (χ0v) is 12.8. The highest BCUT2D eigenvalue weighted by Crippen LogP contribution is 2.34. The van der Waals surface area contributed by atoms with E-state index in [1.165, 1.54) is 25.8 Å². The first-order valence-corrected chi connectivity index (χ1v) is 7.91. The minimum atomic E-state index is 0.0559. The monoisotopic (exact) mass is 294 g/mol. The molecule has 0 spiro atoms. The molecule has 2 unspecified atom stereocenters. The highest BCUT2D eigenvalue weighted by Gasteiger charge is 2.34. The molecule has 20 heavy (non-hydrogen) atoms. The van der Waals surface area contributed by atoms with Gasteiger partial charge in [0.15, 0.2) is 0 Å². The number of nitrogens with zero attached hydrogens (tertiary/aromatic N) is 2. The van der Waals surface area contributed by atoms with Crippen molar-refractivity contribution in [2.24, 2.45) is 5.92 Å². The predicted octanol–water partition coefficient (Wildman–Crippen LogP) is 2.75. The number of likely N-dealkylation sites (tertiary alicyclic amines) is 1. The van der Waals surface area contributed by atoms with Crippen molar-refractivity contribution < 1.29 is 5.11 Å². The Balaban J connectivity index is 1.79. The van der Waals surface area contributed by atoms with E-state index in [0.717, 1.165) is 36.3 Å². The first-order chi connectivity index (χ1) is 9.69. The Morgan fingerprint density at radius 2 is 2.15 bits per heavy atom. The molecule has 0 aromatic heterocycles. The van der Waals surface area contributed by atoms with Crippen molar-refractivity contribution in [3.8, 4) is 0 Å². The molecule has 2 aliphatic rings. The van der Waals surface area contributed by atoms with Gasteiger partial charge in [-0.25, -0.2) is 0 Å². The molecule has 2 aliphatic heterocycles. The Labute approximate surface area is 126 Å². The molecule has 2 saturated heterocycles. The highest BCUT2D eigenvalue weighted by molar-refractivity contribution is 6.30. The van der Waals surface area contributed by atoms with Gasteiger partial charge in [0.1, 0.15) is 0 Å². The van der Waals surface area contributed by atoms with Gasteiger partial charge >= 0.3 is 0 Å². The second-order valence-corrected chi connectivity index (χ2v) is 6.55. The lowest BCUT2D eigenvalue weighted by atomic mass is 9.84. The van der Waals surface area contributed by atoms with Crippen LogP contribution < -0.4 is 4.90 Å². The van der Waals surface area contributed by atoms with Gasteiger partial charge in [0.2, 0.25) is 0 Å². The van der Waals surface area contributed by atoms with Crippen LogP contribution in [0.25, 0.3) is 0 Å². The maximum Gasteiger partial charge on any atom is 0.0702 e. The molecule has 2 fully saturated rings. The number of benzene rings is 1. The molecule has 1 N–H and O–H groups in total. The van der Waals surface area contributed by atoms with E-state index in [2.05, 4.69) is 22.9 Å². The summed E-state index contributed by atoms with van der Waals surface area (Å²) in [6.07, 6.45) is 3.85. The Kier molecular flexibility index (Phi) is 4.20. The summed E-state index contributed by atoms with van der Waals surface area (Å²) in [5.74, 6) is 0.754. The standard InChI is InChI=1S/C16H23ClN2O/c1-18-7-2-3-12-10-19(8-6-15(12)18)16-5-4-14(17)9-13(16)11-20/h4-5,9,12,15,20H,2-3,6-8,10-11H2,1H3. The summed E-state index contributed by atoms with van der Waals surface area (Å²) >= 11 is 6.03. The van der Waals surface area contributed by atoms with Crippen LogP contribution in [0, 0.1) is 5.92 Å². The van der Waals surface area contributed by atoms with Crippen molar-refractivity contribution in [2.45, 2.75) is 31.9 Å². The van der Waals surface area contributed by atoms with Gasteiger partial charge in [-0.05, 0) is 57.0 Å². The Hall–Kier alpha value is -0.770. The van der Waals surface area contributed by atoms with E-state index in [1.807, 2.05) is 12.1 Å². The van der Waals surface area contributed by atoms with Crippen LogP contribution in [0.15, 0.2) is 18.2 Å². The summed E-state index contributed by atoms with van der Waals surface area (Å²) in [5, 5.41) is 10.3. The number of aliphatic hydroxyl groups is 1. The second kappa shape index (κ2) is 5.92. The van der Waals surface area contributed by atoms with Crippen LogP contribution in [0.5, 0.6) is 0 Å². The average Bonchev–Trinajstić information content (AvgIpc) is 2.47. The van der Waals surface area contributed by atoms with E-state index >= 15 is 0 Å². The Bertz CT molecular complexity index is 480. The zero-order chi connectivity index (χ0) is 14.1. The Morgan fingerprint density at radius 3 is 2.95 bits per heavy atom. The summed E-state index contributed by atoms with van der Waals surface area (Å²) in [4.78, 5) is 4.96. The second-order valence-electron chi connectivity index (χ2n) is 6.12. The Morgan fingerprint density at radius 1 is 1.30 bits per heavy atom. The summed E-state index contributed by atoms with van der Waals surface area (Å²) in [7, 11) is 2.26. The molecule has 2 atom stereocenters. The van der Waals surface area contributed by atoms with E-state index in [1.54, 1.807) is 0 Å². The van der Waals surface area contributed by atoms with Gasteiger partial charge in [0.05, 0.1) is 6.61 Å². The fraction of sp³-hybridized carbons (Fsp3) is 0.625. The number of halogens is 1. The summed E-state index contributed by atoms with van der Waals surface area (Å²) in [5.41, 5.74) is 2.10. The molecule has 3 rings (SSSR count). The molecule has 4 heteroatoms. The molecule has 3 nitrogen and oxygen atoms in total. The maximum absolute atomic E-state index is 9.55. The number of anilines is 1. The van der Waals surface area contributed by atoms with Crippen molar-refractivity contribution in [1.82, 2.24) is 4.90 Å². The van der Waals surface area contributed by atoms with Crippen molar-refractivity contribution >= 4 is 17.3 Å². The molecular formula is C16H23ClN2O. The predicted molar refractivity (Wildman–Crippen MR) is 83.3 cm³/mol. The van der Waals surface area contributed by atoms with Crippen molar-refractivity contribution in [3.63, 3.8) is 0 Å². The quantitative estimate of drug-likeness (QED) is 0.908. The molecule has 1 aromatic carbocycles. The van der Waals surface area contributed by atoms with Crippen LogP contribution in [0.3, 0.4) is 0 Å². The molecular weight excluding hydrogens is 272 g/mol. The van der Waals surface area contributed by atoms with Crippen LogP contribution in [0.4, 0.5) is 5.69 Å². The van der Waals surface area contributed by atoms with Gasteiger partial charge < -0.3 is 14.9 Å². The zero-order valence-electron chi connectivity index (χ0n) is 12.1. The molecule has 0 saturated carbocycles. The summed E-state index contributed by atoms with van der Waals surface area (Å²) in [6, 6.07) is 6.61. The first kappa shape index (κ1) is 14.2. The molecule has 0 bridgehead atoms. The fourth-order valence-corrected chi connectivity index (χ4v) is 4.06. The van der Waals surface area contributed by atoms with Crippen LogP contribution in [0.1, 0.15) is 24.8 Å². The minimum absolute atomic E-state index is 0.0559. The van der Waals surface area contributed by atoms with Gasteiger partial charge in [-0.2, -0.15) is 0 Å². The molecule has 2 heterocycles. The van der Waals surface area contributed by atoms with Gasteiger partial charge in [0, 0.05) is 35.4 Å². The van der Waals surface area contributed by atoms with E-state index in [0.29, 0.717) is 5.02 Å². The number of hydrogen-bond donors (Lipinski definition) is 1. The third-order valence-electron chi connectivity index (χ3n) is 4.90. The lowest BCUT2D eigenvalue weighted by Crippen LogP contribution is -2.52. The fourth-order valence-electron chi connectivity index (χ4n) is 3.86.